The number of nitrogens with one attached hydrogen (secondary N) is 4. The van der Waals surface area contributed by atoms with Crippen molar-refractivity contribution < 1.29 is 96.9 Å². The van der Waals surface area contributed by atoms with E-state index in [0.29, 0.717) is 46.9 Å². The van der Waals surface area contributed by atoms with Gasteiger partial charge in [0, 0.05) is 12.1 Å². The van der Waals surface area contributed by atoms with Gasteiger partial charge in [0.1, 0.15) is 71.1 Å². The summed E-state index contributed by atoms with van der Waals surface area (Å²) in [5.74, 6) is -4.05. The Morgan fingerprint density at radius 2 is 0.796 bits per heavy atom. The molecule has 31 heteroatoms. The van der Waals surface area contributed by atoms with Crippen LogP contribution in [0.1, 0.15) is 33.4 Å². The van der Waals surface area contributed by atoms with Gasteiger partial charge in [-0.3, -0.25) is 29.8 Å². The molecule has 8 rings (SSSR count). The zero-order chi connectivity index (χ0) is 66.3. The fraction of sp³-hybridized carbons (Fsp3) is 0.290. The lowest BCUT2D eigenvalue weighted by Gasteiger charge is -2.12. The van der Waals surface area contributed by atoms with Gasteiger partial charge in [-0.2, -0.15) is 36.9 Å². The van der Waals surface area contributed by atoms with Crippen LogP contribution in [-0.2, 0) is 77.5 Å². The van der Waals surface area contributed by atoms with E-state index in [1.165, 1.54) is 48.5 Å². The second kappa shape index (κ2) is 33.9. The minimum absolute atomic E-state index is 0.0350. The van der Waals surface area contributed by atoms with Gasteiger partial charge in [-0.15, -0.1) is 0 Å². The van der Waals surface area contributed by atoms with E-state index in [4.69, 9.17) is 42.6 Å². The largest absolute Gasteiger partial charge is 0.456 e. The molecule has 0 spiro atoms. The molecule has 4 N–H and O–H groups in total. The summed E-state index contributed by atoms with van der Waals surface area (Å²) in [5, 5.41) is 30.4. The third kappa shape index (κ3) is 21.4. The van der Waals surface area contributed by atoms with Crippen molar-refractivity contribution >= 4 is 88.4 Å². The second-order valence-corrected chi connectivity index (χ2v) is 21.4. The van der Waals surface area contributed by atoms with Crippen molar-refractivity contribution in [2.24, 2.45) is 0 Å². The van der Waals surface area contributed by atoms with Crippen LogP contribution in [0.4, 0.5) is 56.8 Å². The number of hydrogen-bond donors (Lipinski definition) is 4. The van der Waals surface area contributed by atoms with Gasteiger partial charge in [0.05, 0.1) is 135 Å². The molecule has 6 aromatic carbocycles. The van der Waals surface area contributed by atoms with E-state index in [0.717, 1.165) is 71.2 Å². The third-order valence-corrected chi connectivity index (χ3v) is 14.6. The number of nitrogens with zero attached hydrogens (tertiary/aromatic N) is 4. The summed E-state index contributed by atoms with van der Waals surface area (Å²) in [6, 6.07) is 25.4. The van der Waals surface area contributed by atoms with E-state index < -0.39 is 71.6 Å². The summed E-state index contributed by atoms with van der Waals surface area (Å²) in [7, 11) is 0. The van der Waals surface area contributed by atoms with Crippen molar-refractivity contribution in [1.82, 2.24) is 9.97 Å². The maximum atomic E-state index is 14.7. The molecule has 0 atom stereocenters. The topological polar surface area (TPSA) is 273 Å². The maximum absolute atomic E-state index is 14.7. The van der Waals surface area contributed by atoms with E-state index in [-0.39, 0.29) is 133 Å². The predicted octanol–water partition coefficient (Wildman–Crippen LogP) is 11.6. The van der Waals surface area contributed by atoms with Crippen LogP contribution in [0.15, 0.2) is 109 Å². The molecule has 0 saturated carbocycles. The Kier molecular flexibility index (Phi) is 25.3. The molecule has 0 saturated heterocycles. The van der Waals surface area contributed by atoms with Crippen LogP contribution in [0.5, 0.6) is 23.0 Å². The molecule has 0 aliphatic carbocycles. The number of amides is 4. The molecule has 8 aromatic rings. The highest BCUT2D eigenvalue weighted by molar-refractivity contribution is 7.23. The first kappa shape index (κ1) is 69.6. The molecule has 0 aliphatic heterocycles. The molecule has 0 aliphatic rings. The first-order valence-corrected chi connectivity index (χ1v) is 29.5. The van der Waals surface area contributed by atoms with E-state index >= 15 is 0 Å². The van der Waals surface area contributed by atoms with Gasteiger partial charge < -0.3 is 53.3 Å². The van der Waals surface area contributed by atoms with Crippen molar-refractivity contribution in [2.45, 2.75) is 25.2 Å². The normalized spacial score (nSPS) is 11.5. The van der Waals surface area contributed by atoms with Crippen LogP contribution in [0.25, 0.3) is 20.4 Å². The number of halogens is 8. The van der Waals surface area contributed by atoms with Crippen LogP contribution >= 0.6 is 22.7 Å². The third-order valence-electron chi connectivity index (χ3n) is 12.6. The number of thiazole rings is 2. The molecular formula is C62H54F8N8O13S2. The van der Waals surface area contributed by atoms with E-state index in [9.17, 15) is 64.8 Å². The molecule has 93 heavy (non-hydrogen) atoms. The average molecular weight is 1340 g/mol. The zero-order valence-electron chi connectivity index (χ0n) is 48.6. The minimum atomic E-state index is -4.60. The number of carbonyl (C=O) groups excluding carboxylic acids is 4. The van der Waals surface area contributed by atoms with E-state index in [1.807, 2.05) is 0 Å². The van der Waals surface area contributed by atoms with Gasteiger partial charge in [-0.25, -0.2) is 18.7 Å². The fourth-order valence-corrected chi connectivity index (χ4v) is 10.3. The number of fused-ring (bicyclic) bond motifs is 2. The fourth-order valence-electron chi connectivity index (χ4n) is 8.35. The molecule has 488 valence electrons. The summed E-state index contributed by atoms with van der Waals surface area (Å²) >= 11 is 2.01. The average Bonchev–Trinajstić information content (AvgIpc) is 1.71. The number of rotatable bonds is 34. The summed E-state index contributed by atoms with van der Waals surface area (Å²) < 4.78 is 159. The van der Waals surface area contributed by atoms with Crippen LogP contribution in [-0.4, -0.2) is 126 Å². The summed E-state index contributed by atoms with van der Waals surface area (Å²) in [4.78, 5) is 59.3. The number of alkyl halides is 6. The number of benzene rings is 6. The quantitative estimate of drug-likeness (QED) is 0.0215. The van der Waals surface area contributed by atoms with Gasteiger partial charge in [0.15, 0.2) is 10.3 Å². The predicted molar refractivity (Wildman–Crippen MR) is 322 cm³/mol. The second-order valence-electron chi connectivity index (χ2n) is 19.4. The number of ether oxygens (including phenoxy) is 9. The molecule has 2 aromatic heterocycles. The van der Waals surface area contributed by atoms with Crippen molar-refractivity contribution in [3.8, 4) is 35.1 Å². The standard InChI is InChI=1S/C62H54F8N8O13S2/c63-45-9-7-41(31-49(45)73-53(79)29-37-3-1-5-39(27-37)61(65,66)67)90-51-13-11-47-57(43(51)33-71)92-59(75-47)77-55(81)35-88-25-23-86-21-19-84-17-15-83-16-18-85-20-22-87-24-26-89-36-56(82)78-60-76-48-12-14-52(44(34-72)58(48)93-60)91-42-8-10-46(64)50(32-42)74-54(80)30-38-4-2-6-40(28-38)62(68,69)70/h1-14,27-28,31-32H,15-26,29-30,35-36H2,(H,73,79)(H,74,80)(H,75,77,81)(H,76,78,82). The van der Waals surface area contributed by atoms with Crippen molar-refractivity contribution in [1.29, 1.82) is 10.5 Å². The number of hydrogen-bond acceptors (Lipinski definition) is 19. The highest BCUT2D eigenvalue weighted by Gasteiger charge is 2.32. The molecule has 0 fully saturated rings. The molecule has 4 amide bonds. The molecule has 0 radical (unpaired) electrons. The van der Waals surface area contributed by atoms with Crippen LogP contribution < -0.4 is 30.7 Å². The smallest absolute Gasteiger partial charge is 0.416 e. The Hall–Kier alpha value is -9.28. The SMILES string of the molecule is N#Cc1c(Oc2ccc(F)c(NC(=O)Cc3cccc(C(F)(F)F)c3)c2)ccc2nc(NC(=O)COCCOCCOCCOCCOCCOCCOCC(=O)Nc3nc4ccc(Oc5ccc(F)c(NC(=O)Cc6cccc(C(F)(F)F)c6)c5)c(C#N)c4s3)sc12. The van der Waals surface area contributed by atoms with Crippen LogP contribution in [0.2, 0.25) is 0 Å². The number of aromatic nitrogens is 2. The number of carbonyl (C=O) groups is 4. The molecule has 0 unspecified atom stereocenters. The Balaban J connectivity index is 0.615. The molecule has 0 bridgehead atoms. The summed E-state index contributed by atoms with van der Waals surface area (Å²) in [6.45, 7) is 2.28. The summed E-state index contributed by atoms with van der Waals surface area (Å²) in [5.41, 5.74) is -1.45. The highest BCUT2D eigenvalue weighted by Crippen LogP contribution is 2.39. The van der Waals surface area contributed by atoms with Gasteiger partial charge in [-0.1, -0.05) is 59.1 Å². The van der Waals surface area contributed by atoms with E-state index in [1.54, 1.807) is 12.1 Å². The monoisotopic (exact) mass is 1330 g/mol. The lowest BCUT2D eigenvalue weighted by atomic mass is 10.1. The lowest BCUT2D eigenvalue weighted by molar-refractivity contribution is -0.138. The zero-order valence-corrected chi connectivity index (χ0v) is 50.3. The first-order chi connectivity index (χ1) is 44.7. The maximum Gasteiger partial charge on any atom is 0.416 e. The Morgan fingerprint density at radius 3 is 1.14 bits per heavy atom. The van der Waals surface area contributed by atoms with Gasteiger partial charge in [0.2, 0.25) is 11.8 Å². The van der Waals surface area contributed by atoms with Gasteiger partial charge in [0.25, 0.3) is 11.8 Å². The highest BCUT2D eigenvalue weighted by atomic mass is 32.1. The van der Waals surface area contributed by atoms with Gasteiger partial charge >= 0.3 is 12.4 Å². The van der Waals surface area contributed by atoms with Crippen LogP contribution in [0, 0.1) is 34.3 Å². The Labute approximate surface area is 532 Å². The van der Waals surface area contributed by atoms with Gasteiger partial charge in [-0.05, 0) is 71.8 Å². The number of nitriles is 2. The number of anilines is 4. The van der Waals surface area contributed by atoms with Crippen LogP contribution in [0.3, 0.4) is 0 Å². The van der Waals surface area contributed by atoms with Crippen molar-refractivity contribution in [3.05, 3.63) is 154 Å². The Morgan fingerprint density at radius 1 is 0.441 bits per heavy atom. The first-order valence-electron chi connectivity index (χ1n) is 27.9. The van der Waals surface area contributed by atoms with E-state index in [2.05, 4.69) is 43.4 Å². The molecule has 2 heterocycles. The lowest BCUT2D eigenvalue weighted by Crippen LogP contribution is -2.20. The molecular weight excluding hydrogens is 1280 g/mol. The summed E-state index contributed by atoms with van der Waals surface area (Å²) in [6.07, 6.45) is -10.1. The van der Waals surface area contributed by atoms with Crippen molar-refractivity contribution in [2.75, 3.05) is 114 Å². The molecule has 21 nitrogen and oxygen atoms in total. The van der Waals surface area contributed by atoms with Crippen molar-refractivity contribution in [3.63, 3.8) is 0 Å². The minimum Gasteiger partial charge on any atom is -0.456 e. The Bertz CT molecular complexity index is 3760.